The fourth-order valence-electron chi connectivity index (χ4n) is 3.11. The van der Waals surface area contributed by atoms with Gasteiger partial charge in [0, 0.05) is 43.1 Å². The zero-order chi connectivity index (χ0) is 18.8. The monoisotopic (exact) mass is 419 g/mol. The number of carbonyl (C=O) groups excluding carboxylic acids is 2. The van der Waals surface area contributed by atoms with Gasteiger partial charge in [-0.15, -0.1) is 0 Å². The third-order valence-corrected chi connectivity index (χ3v) is 5.17. The summed E-state index contributed by atoms with van der Waals surface area (Å²) in [6.45, 7) is 3.06. The van der Waals surface area contributed by atoms with Crippen LogP contribution in [0.2, 0.25) is 0 Å². The largest absolute Gasteiger partial charge is 0.445 e. The molecule has 138 valence electrons. The number of rotatable bonds is 3. The summed E-state index contributed by atoms with van der Waals surface area (Å²) in [4.78, 5) is 32.5. The van der Waals surface area contributed by atoms with Gasteiger partial charge in [-0.3, -0.25) is 9.59 Å². The SMILES string of the molecule is Cc1oc(C2CCN(C(=O)c3ccc(Br)cc3)CC2)nc1C(=O)N(C)C. The van der Waals surface area contributed by atoms with Gasteiger partial charge in [-0.25, -0.2) is 4.98 Å². The Hall–Kier alpha value is -2.15. The van der Waals surface area contributed by atoms with Crippen LogP contribution in [0.5, 0.6) is 0 Å². The van der Waals surface area contributed by atoms with Crippen molar-refractivity contribution in [2.45, 2.75) is 25.7 Å². The topological polar surface area (TPSA) is 66.7 Å². The lowest BCUT2D eigenvalue weighted by atomic mass is 9.96. The van der Waals surface area contributed by atoms with E-state index in [1.54, 1.807) is 21.0 Å². The van der Waals surface area contributed by atoms with E-state index in [1.165, 1.54) is 4.90 Å². The average Bonchev–Trinajstić information content (AvgIpc) is 3.03. The van der Waals surface area contributed by atoms with Gasteiger partial charge in [0.05, 0.1) is 0 Å². The molecule has 26 heavy (non-hydrogen) atoms. The number of oxazole rings is 1. The first kappa shape index (κ1) is 18.6. The first-order valence-corrected chi connectivity index (χ1v) is 9.40. The number of hydrogen-bond acceptors (Lipinski definition) is 4. The van der Waals surface area contributed by atoms with Gasteiger partial charge in [-0.05, 0) is 44.0 Å². The Labute approximate surface area is 161 Å². The number of benzene rings is 1. The molecular formula is C19H22BrN3O3. The number of aromatic nitrogens is 1. The highest BCUT2D eigenvalue weighted by Gasteiger charge is 2.29. The summed E-state index contributed by atoms with van der Waals surface area (Å²) in [6, 6.07) is 7.40. The first-order chi connectivity index (χ1) is 12.4. The van der Waals surface area contributed by atoms with E-state index in [2.05, 4.69) is 20.9 Å². The Balaban J connectivity index is 1.65. The maximum absolute atomic E-state index is 12.6. The van der Waals surface area contributed by atoms with Crippen molar-refractivity contribution in [2.75, 3.05) is 27.2 Å². The number of nitrogens with zero attached hydrogens (tertiary/aromatic N) is 3. The van der Waals surface area contributed by atoms with E-state index in [-0.39, 0.29) is 17.7 Å². The molecule has 1 aliphatic rings. The molecule has 0 unspecified atom stereocenters. The third kappa shape index (κ3) is 3.82. The molecule has 1 fully saturated rings. The maximum atomic E-state index is 12.6. The van der Waals surface area contributed by atoms with Crippen LogP contribution in [0.15, 0.2) is 33.2 Å². The molecule has 2 heterocycles. The van der Waals surface area contributed by atoms with Crippen molar-refractivity contribution in [3.8, 4) is 0 Å². The van der Waals surface area contributed by atoms with Crippen LogP contribution in [0.4, 0.5) is 0 Å². The van der Waals surface area contributed by atoms with Crippen molar-refractivity contribution in [3.63, 3.8) is 0 Å². The number of piperidine rings is 1. The molecule has 1 aliphatic heterocycles. The summed E-state index contributed by atoms with van der Waals surface area (Å²) < 4.78 is 6.71. The summed E-state index contributed by atoms with van der Waals surface area (Å²) in [5.41, 5.74) is 1.07. The number of halogens is 1. The molecule has 0 radical (unpaired) electrons. The number of amides is 2. The van der Waals surface area contributed by atoms with E-state index in [0.717, 1.165) is 17.3 Å². The highest BCUT2D eigenvalue weighted by atomic mass is 79.9. The second-order valence-corrected chi connectivity index (χ2v) is 7.65. The van der Waals surface area contributed by atoms with Gasteiger partial charge in [-0.1, -0.05) is 15.9 Å². The predicted molar refractivity (Wildman–Crippen MR) is 101 cm³/mol. The lowest BCUT2D eigenvalue weighted by Crippen LogP contribution is -2.38. The molecule has 1 aromatic carbocycles. The summed E-state index contributed by atoms with van der Waals surface area (Å²) in [7, 11) is 3.39. The smallest absolute Gasteiger partial charge is 0.275 e. The van der Waals surface area contributed by atoms with E-state index in [9.17, 15) is 9.59 Å². The zero-order valence-corrected chi connectivity index (χ0v) is 16.7. The van der Waals surface area contributed by atoms with Crippen LogP contribution >= 0.6 is 15.9 Å². The molecule has 6 nitrogen and oxygen atoms in total. The van der Waals surface area contributed by atoms with Crippen LogP contribution in [-0.2, 0) is 0 Å². The fraction of sp³-hybridized carbons (Fsp3) is 0.421. The van der Waals surface area contributed by atoms with E-state index < -0.39 is 0 Å². The van der Waals surface area contributed by atoms with Gasteiger partial charge in [0.25, 0.3) is 11.8 Å². The van der Waals surface area contributed by atoms with Gasteiger partial charge >= 0.3 is 0 Å². The minimum absolute atomic E-state index is 0.0445. The Morgan fingerprint density at radius 1 is 1.19 bits per heavy atom. The van der Waals surface area contributed by atoms with Gasteiger partial charge < -0.3 is 14.2 Å². The summed E-state index contributed by atoms with van der Waals surface area (Å²) >= 11 is 3.38. The number of likely N-dealkylation sites (tertiary alicyclic amines) is 1. The van der Waals surface area contributed by atoms with E-state index in [1.807, 2.05) is 29.2 Å². The van der Waals surface area contributed by atoms with Crippen LogP contribution in [0.1, 0.15) is 51.3 Å². The summed E-state index contributed by atoms with van der Waals surface area (Å²) in [5, 5.41) is 0. The van der Waals surface area contributed by atoms with Crippen molar-refractivity contribution >= 4 is 27.7 Å². The Morgan fingerprint density at radius 2 is 1.81 bits per heavy atom. The molecule has 7 heteroatoms. The zero-order valence-electron chi connectivity index (χ0n) is 15.2. The molecule has 0 bridgehead atoms. The van der Waals surface area contributed by atoms with Crippen molar-refractivity contribution in [1.82, 2.24) is 14.8 Å². The second-order valence-electron chi connectivity index (χ2n) is 6.73. The fourth-order valence-corrected chi connectivity index (χ4v) is 3.37. The quantitative estimate of drug-likeness (QED) is 0.763. The molecule has 0 atom stereocenters. The molecule has 2 aromatic rings. The highest BCUT2D eigenvalue weighted by molar-refractivity contribution is 9.10. The molecule has 0 aliphatic carbocycles. The maximum Gasteiger partial charge on any atom is 0.275 e. The first-order valence-electron chi connectivity index (χ1n) is 8.60. The van der Waals surface area contributed by atoms with Crippen LogP contribution in [0.25, 0.3) is 0 Å². The summed E-state index contributed by atoms with van der Waals surface area (Å²) in [6.07, 6.45) is 1.55. The lowest BCUT2D eigenvalue weighted by molar-refractivity contribution is 0.0706. The highest BCUT2D eigenvalue weighted by Crippen LogP contribution is 2.29. The Kier molecular flexibility index (Phi) is 5.46. The number of carbonyl (C=O) groups is 2. The Bertz CT molecular complexity index is 806. The summed E-state index contributed by atoms with van der Waals surface area (Å²) in [5.74, 6) is 1.17. The predicted octanol–water partition coefficient (Wildman–Crippen LogP) is 3.47. The van der Waals surface area contributed by atoms with Crippen LogP contribution < -0.4 is 0 Å². The molecule has 0 N–H and O–H groups in total. The van der Waals surface area contributed by atoms with E-state index >= 15 is 0 Å². The normalized spacial score (nSPS) is 15.2. The van der Waals surface area contributed by atoms with Crippen molar-refractivity contribution in [3.05, 3.63) is 51.6 Å². The number of hydrogen-bond donors (Lipinski definition) is 0. The standard InChI is InChI=1S/C19H22BrN3O3/c1-12-16(19(25)22(2)3)21-17(26-12)13-8-10-23(11-9-13)18(24)14-4-6-15(20)7-5-14/h4-7,13H,8-11H2,1-3H3. The van der Waals surface area contributed by atoms with Gasteiger partial charge in [-0.2, -0.15) is 0 Å². The lowest BCUT2D eigenvalue weighted by Gasteiger charge is -2.30. The minimum atomic E-state index is -0.152. The van der Waals surface area contributed by atoms with E-state index in [0.29, 0.717) is 36.0 Å². The molecular weight excluding hydrogens is 398 g/mol. The van der Waals surface area contributed by atoms with Gasteiger partial charge in [0.2, 0.25) is 0 Å². The van der Waals surface area contributed by atoms with Gasteiger partial charge in [0.1, 0.15) is 5.76 Å². The minimum Gasteiger partial charge on any atom is -0.445 e. The molecule has 0 saturated carbocycles. The molecule has 1 saturated heterocycles. The molecule has 3 rings (SSSR count). The van der Waals surface area contributed by atoms with Crippen molar-refractivity contribution in [1.29, 1.82) is 0 Å². The molecule has 1 aromatic heterocycles. The van der Waals surface area contributed by atoms with Gasteiger partial charge in [0.15, 0.2) is 11.6 Å². The number of aryl methyl sites for hydroxylation is 1. The Morgan fingerprint density at radius 3 is 2.38 bits per heavy atom. The van der Waals surface area contributed by atoms with Crippen LogP contribution in [0.3, 0.4) is 0 Å². The van der Waals surface area contributed by atoms with Crippen molar-refractivity contribution < 1.29 is 14.0 Å². The second kappa shape index (κ2) is 7.61. The molecule has 2 amide bonds. The van der Waals surface area contributed by atoms with Crippen LogP contribution in [-0.4, -0.2) is 53.8 Å². The van der Waals surface area contributed by atoms with Crippen LogP contribution in [0, 0.1) is 6.92 Å². The van der Waals surface area contributed by atoms with Crippen molar-refractivity contribution in [2.24, 2.45) is 0 Å². The van der Waals surface area contributed by atoms with E-state index in [4.69, 9.17) is 4.42 Å². The third-order valence-electron chi connectivity index (χ3n) is 4.64. The molecule has 0 spiro atoms. The average molecular weight is 420 g/mol.